The molecular formula is C6H16Cl2Si2. The molecule has 0 aromatic carbocycles. The van der Waals surface area contributed by atoms with E-state index in [1.807, 2.05) is 0 Å². The molecule has 0 N–H and O–H groups in total. The highest BCUT2D eigenvalue weighted by atomic mass is 35.6. The van der Waals surface area contributed by atoms with Crippen molar-refractivity contribution in [2.45, 2.75) is 39.0 Å². The van der Waals surface area contributed by atoms with Crippen molar-refractivity contribution in [1.82, 2.24) is 0 Å². The normalized spacial score (nSPS) is 13.8. The molecule has 4 heteroatoms. The fourth-order valence-corrected chi connectivity index (χ4v) is 10.7. The van der Waals surface area contributed by atoms with Crippen molar-refractivity contribution in [3.8, 4) is 0 Å². The van der Waals surface area contributed by atoms with Crippen molar-refractivity contribution in [2.75, 3.05) is 0 Å². The fourth-order valence-electron chi connectivity index (χ4n) is 1.09. The second-order valence-electron chi connectivity index (χ2n) is 3.14. The molecule has 0 rings (SSSR count). The maximum atomic E-state index is 6.45. The van der Waals surface area contributed by atoms with E-state index < -0.39 is 13.8 Å². The van der Waals surface area contributed by atoms with Gasteiger partial charge < -0.3 is 0 Å². The zero-order chi connectivity index (χ0) is 8.41. The summed E-state index contributed by atoms with van der Waals surface area (Å²) in [6.45, 7) is 5.61. The van der Waals surface area contributed by atoms with Crippen LogP contribution in [0.25, 0.3) is 0 Å². The highest BCUT2D eigenvalue weighted by molar-refractivity contribution is 7.70. The van der Waals surface area contributed by atoms with Crippen LogP contribution >= 0.6 is 22.2 Å². The topological polar surface area (TPSA) is 0 Å². The summed E-state index contributed by atoms with van der Waals surface area (Å²) in [6, 6.07) is 2.24. The minimum Gasteiger partial charge on any atom is -0.170 e. The van der Waals surface area contributed by atoms with Crippen LogP contribution in [0.15, 0.2) is 0 Å². The molecule has 62 valence electrons. The molecule has 0 aromatic heterocycles. The standard InChI is InChI=1S/C6H16Cl2Si2/c1-5-10(8,6-2)9(3,4)7/h5-6H2,1-4H3. The van der Waals surface area contributed by atoms with E-state index in [1.54, 1.807) is 0 Å². The van der Waals surface area contributed by atoms with Crippen LogP contribution in [0, 0.1) is 0 Å². The van der Waals surface area contributed by atoms with Crippen molar-refractivity contribution in [3.63, 3.8) is 0 Å². The highest BCUT2D eigenvalue weighted by Crippen LogP contribution is 2.33. The van der Waals surface area contributed by atoms with E-state index in [2.05, 4.69) is 26.9 Å². The molecule has 0 saturated carbocycles. The maximum absolute atomic E-state index is 6.45. The van der Waals surface area contributed by atoms with E-state index in [-0.39, 0.29) is 0 Å². The average molecular weight is 215 g/mol. The number of rotatable bonds is 3. The molecular weight excluding hydrogens is 199 g/mol. The SMILES string of the molecule is CC[Si](Cl)(CC)[Si](C)(C)Cl. The van der Waals surface area contributed by atoms with Crippen LogP contribution in [-0.4, -0.2) is 13.8 Å². The van der Waals surface area contributed by atoms with E-state index in [4.69, 9.17) is 22.2 Å². The Morgan fingerprint density at radius 1 is 1.00 bits per heavy atom. The Labute approximate surface area is 75.1 Å². The molecule has 0 saturated heterocycles. The van der Waals surface area contributed by atoms with Gasteiger partial charge in [0.15, 0.2) is 13.8 Å². The van der Waals surface area contributed by atoms with Crippen molar-refractivity contribution in [2.24, 2.45) is 0 Å². The molecule has 0 aromatic rings. The third-order valence-electron chi connectivity index (χ3n) is 2.19. The molecule has 0 bridgehead atoms. The molecule has 10 heavy (non-hydrogen) atoms. The summed E-state index contributed by atoms with van der Waals surface area (Å²) in [7, 11) is 0. The summed E-state index contributed by atoms with van der Waals surface area (Å²) in [4.78, 5) is 0. The van der Waals surface area contributed by atoms with E-state index in [9.17, 15) is 0 Å². The smallest absolute Gasteiger partial charge is 0.164 e. The Balaban J connectivity index is 4.33. The van der Waals surface area contributed by atoms with Crippen molar-refractivity contribution < 1.29 is 0 Å². The van der Waals surface area contributed by atoms with Crippen molar-refractivity contribution in [3.05, 3.63) is 0 Å². The fraction of sp³-hybridized carbons (Fsp3) is 1.00. The predicted octanol–water partition coefficient (Wildman–Crippen LogP) is 3.73. The molecule has 0 amide bonds. The molecule has 0 aliphatic heterocycles. The molecule has 0 spiro atoms. The first-order valence-corrected chi connectivity index (χ1v) is 12.2. The van der Waals surface area contributed by atoms with Crippen molar-refractivity contribution in [1.29, 1.82) is 0 Å². The van der Waals surface area contributed by atoms with Gasteiger partial charge >= 0.3 is 0 Å². The van der Waals surface area contributed by atoms with Gasteiger partial charge in [0.2, 0.25) is 0 Å². The lowest BCUT2D eigenvalue weighted by Gasteiger charge is -2.31. The van der Waals surface area contributed by atoms with Crippen molar-refractivity contribution >= 4 is 36.0 Å². The maximum Gasteiger partial charge on any atom is 0.164 e. The van der Waals surface area contributed by atoms with Crippen LogP contribution in [0.2, 0.25) is 25.2 Å². The molecule has 0 aliphatic rings. The lowest BCUT2D eigenvalue weighted by Crippen LogP contribution is -2.49. The molecule has 0 fully saturated rings. The number of hydrogen-bond donors (Lipinski definition) is 0. The largest absolute Gasteiger partial charge is 0.170 e. The van der Waals surface area contributed by atoms with Gasteiger partial charge in [-0.15, -0.1) is 0 Å². The van der Waals surface area contributed by atoms with E-state index >= 15 is 0 Å². The Hall–Kier alpha value is 1.01. The van der Waals surface area contributed by atoms with Crippen LogP contribution in [-0.2, 0) is 0 Å². The van der Waals surface area contributed by atoms with Gasteiger partial charge in [-0.05, 0) is 12.1 Å². The lowest BCUT2D eigenvalue weighted by atomic mass is 11.0. The Morgan fingerprint density at radius 2 is 1.30 bits per heavy atom. The van der Waals surface area contributed by atoms with Crippen LogP contribution in [0.5, 0.6) is 0 Å². The Kier molecular flexibility index (Phi) is 3.98. The van der Waals surface area contributed by atoms with E-state index in [1.165, 1.54) is 0 Å². The van der Waals surface area contributed by atoms with Crippen LogP contribution < -0.4 is 0 Å². The monoisotopic (exact) mass is 214 g/mol. The number of halogens is 2. The predicted molar refractivity (Wildman–Crippen MR) is 55.9 cm³/mol. The summed E-state index contributed by atoms with van der Waals surface area (Å²) < 4.78 is 0. The minimum absolute atomic E-state index is 1.12. The van der Waals surface area contributed by atoms with Crippen LogP contribution in [0.1, 0.15) is 13.8 Å². The van der Waals surface area contributed by atoms with Gasteiger partial charge in [0.1, 0.15) is 0 Å². The quantitative estimate of drug-likeness (QED) is 0.497. The van der Waals surface area contributed by atoms with Gasteiger partial charge in [-0.1, -0.05) is 26.9 Å². The van der Waals surface area contributed by atoms with Gasteiger partial charge in [0.05, 0.1) is 0 Å². The average Bonchev–Trinajstić information content (AvgIpc) is 1.84. The summed E-state index contributed by atoms with van der Waals surface area (Å²) in [5, 5.41) is 0. The van der Waals surface area contributed by atoms with Gasteiger partial charge in [-0.3, -0.25) is 0 Å². The van der Waals surface area contributed by atoms with Gasteiger partial charge in [-0.25, -0.2) is 0 Å². The van der Waals surface area contributed by atoms with Crippen LogP contribution in [0.4, 0.5) is 0 Å². The zero-order valence-corrected chi connectivity index (χ0v) is 10.7. The summed E-state index contributed by atoms with van der Waals surface area (Å²) in [6.07, 6.45) is 0. The molecule has 0 radical (unpaired) electrons. The summed E-state index contributed by atoms with van der Waals surface area (Å²) in [5.41, 5.74) is 0. The number of hydrogen-bond acceptors (Lipinski definition) is 0. The second kappa shape index (κ2) is 3.61. The first kappa shape index (κ1) is 11.0. The third-order valence-corrected chi connectivity index (χ3v) is 25.1. The van der Waals surface area contributed by atoms with E-state index in [0.29, 0.717) is 0 Å². The Morgan fingerprint density at radius 3 is 1.30 bits per heavy atom. The van der Waals surface area contributed by atoms with E-state index in [0.717, 1.165) is 12.1 Å². The van der Waals surface area contributed by atoms with Gasteiger partial charge in [-0.2, -0.15) is 22.2 Å². The molecule has 0 atom stereocenters. The lowest BCUT2D eigenvalue weighted by molar-refractivity contribution is 1.32. The Bertz CT molecular complexity index is 105. The molecule has 0 nitrogen and oxygen atoms in total. The highest BCUT2D eigenvalue weighted by Gasteiger charge is 2.44. The molecule has 0 unspecified atom stereocenters. The zero-order valence-electron chi connectivity index (χ0n) is 7.17. The van der Waals surface area contributed by atoms with Crippen LogP contribution in [0.3, 0.4) is 0 Å². The summed E-state index contributed by atoms with van der Waals surface area (Å²) >= 11 is 12.8. The molecule has 0 heterocycles. The summed E-state index contributed by atoms with van der Waals surface area (Å²) in [5.74, 6) is 0. The first-order chi connectivity index (χ1) is 4.37. The third kappa shape index (κ3) is 2.26. The van der Waals surface area contributed by atoms with Gasteiger partial charge in [0, 0.05) is 0 Å². The first-order valence-electron chi connectivity index (χ1n) is 3.75. The minimum atomic E-state index is -1.53. The second-order valence-corrected chi connectivity index (χ2v) is 23.0. The van der Waals surface area contributed by atoms with Gasteiger partial charge in [0.25, 0.3) is 0 Å². The molecule has 0 aliphatic carbocycles.